The molecular formula is C21H20OS2. The molecule has 0 fully saturated rings. The zero-order chi connectivity index (χ0) is 17.4. The van der Waals surface area contributed by atoms with Crippen molar-refractivity contribution in [2.24, 2.45) is 0 Å². The number of allylic oxidation sites excluding steroid dienone is 1. The average Bonchev–Trinajstić information content (AvgIpc) is 2.65. The Bertz CT molecular complexity index is 722. The lowest BCUT2D eigenvalue weighted by Gasteiger charge is -2.32. The number of carbonyl (C=O) groups is 1. The van der Waals surface area contributed by atoms with E-state index in [2.05, 4.69) is 13.2 Å². The van der Waals surface area contributed by atoms with Gasteiger partial charge in [0.2, 0.25) is 0 Å². The predicted molar refractivity (Wildman–Crippen MR) is 109 cm³/mol. The Morgan fingerprint density at radius 2 is 1.58 bits per heavy atom. The van der Waals surface area contributed by atoms with Gasteiger partial charge in [-0.3, -0.25) is 4.79 Å². The van der Waals surface area contributed by atoms with E-state index in [4.69, 9.17) is 12.2 Å². The van der Waals surface area contributed by atoms with Gasteiger partial charge in [0, 0.05) is 11.3 Å². The van der Waals surface area contributed by atoms with E-state index in [0.29, 0.717) is 21.9 Å². The molecule has 0 radical (unpaired) electrons. The van der Waals surface area contributed by atoms with Crippen LogP contribution >= 0.6 is 24.0 Å². The highest BCUT2D eigenvalue weighted by atomic mass is 32.2. The first kappa shape index (κ1) is 18.4. The Morgan fingerprint density at radius 3 is 2.12 bits per heavy atom. The van der Waals surface area contributed by atoms with Crippen LogP contribution in [-0.2, 0) is 5.41 Å². The molecule has 0 spiro atoms. The normalized spacial score (nSPS) is 12.8. The molecule has 0 bridgehead atoms. The van der Waals surface area contributed by atoms with Gasteiger partial charge in [0.05, 0.1) is 4.20 Å². The number of thiocarbonyl (C=S) groups is 1. The third kappa shape index (κ3) is 3.74. The Kier molecular flexibility index (Phi) is 6.71. The fourth-order valence-corrected chi connectivity index (χ4v) is 3.98. The molecule has 1 unspecified atom stereocenters. The van der Waals surface area contributed by atoms with Crippen LogP contribution in [0.15, 0.2) is 86.0 Å². The molecule has 0 aliphatic heterocycles. The van der Waals surface area contributed by atoms with Gasteiger partial charge in [0.1, 0.15) is 5.41 Å². The lowest BCUT2D eigenvalue weighted by atomic mass is 9.73. The van der Waals surface area contributed by atoms with Gasteiger partial charge < -0.3 is 0 Å². The maximum Gasteiger partial charge on any atom is 0.179 e. The summed E-state index contributed by atoms with van der Waals surface area (Å²) in [4.78, 5) is 13.5. The van der Waals surface area contributed by atoms with Gasteiger partial charge in [-0.05, 0) is 12.0 Å². The van der Waals surface area contributed by atoms with Crippen molar-refractivity contribution >= 4 is 34.0 Å². The summed E-state index contributed by atoms with van der Waals surface area (Å²) in [7, 11) is 0. The number of thioether (sulfide) groups is 1. The summed E-state index contributed by atoms with van der Waals surface area (Å²) in [5, 5.41) is 0. The maximum absolute atomic E-state index is 13.5. The van der Waals surface area contributed by atoms with Crippen LogP contribution in [0.2, 0.25) is 0 Å². The highest BCUT2D eigenvalue weighted by Crippen LogP contribution is 2.38. The van der Waals surface area contributed by atoms with Crippen LogP contribution in [-0.4, -0.2) is 15.7 Å². The van der Waals surface area contributed by atoms with Gasteiger partial charge >= 0.3 is 0 Å². The quantitative estimate of drug-likeness (QED) is 0.348. The number of carbonyl (C=O) groups excluding carboxylic acids is 1. The molecule has 122 valence electrons. The molecule has 0 saturated heterocycles. The molecule has 0 aliphatic carbocycles. The summed E-state index contributed by atoms with van der Waals surface area (Å²) in [5.41, 5.74) is 0.665. The smallest absolute Gasteiger partial charge is 0.179 e. The minimum atomic E-state index is -0.895. The molecule has 0 heterocycles. The lowest BCUT2D eigenvalue weighted by molar-refractivity contribution is 0.0932. The Morgan fingerprint density at radius 1 is 1.00 bits per heavy atom. The summed E-state index contributed by atoms with van der Waals surface area (Å²) in [6.07, 6.45) is 4.04. The number of rotatable bonds is 8. The van der Waals surface area contributed by atoms with E-state index in [1.165, 1.54) is 11.8 Å². The molecule has 3 heteroatoms. The van der Waals surface area contributed by atoms with E-state index >= 15 is 0 Å². The molecular weight excluding hydrogens is 332 g/mol. The summed E-state index contributed by atoms with van der Waals surface area (Å²) in [6.45, 7) is 7.62. The van der Waals surface area contributed by atoms with Gasteiger partial charge in [-0.2, -0.15) is 0 Å². The summed E-state index contributed by atoms with van der Waals surface area (Å²) < 4.78 is 0.655. The van der Waals surface area contributed by atoms with Crippen molar-refractivity contribution in [2.75, 3.05) is 5.75 Å². The highest BCUT2D eigenvalue weighted by Gasteiger charge is 2.43. The molecule has 2 rings (SSSR count). The van der Waals surface area contributed by atoms with Gasteiger partial charge in [-0.1, -0.05) is 85.0 Å². The second kappa shape index (κ2) is 8.76. The first-order valence-corrected chi connectivity index (χ1v) is 9.10. The maximum atomic E-state index is 13.5. The Hall–Kier alpha value is -1.97. The predicted octanol–water partition coefficient (Wildman–Crippen LogP) is 5.63. The van der Waals surface area contributed by atoms with Crippen molar-refractivity contribution in [1.82, 2.24) is 0 Å². The van der Waals surface area contributed by atoms with Crippen LogP contribution in [0.3, 0.4) is 0 Å². The molecule has 0 amide bonds. The van der Waals surface area contributed by atoms with Crippen LogP contribution in [0.4, 0.5) is 0 Å². The standard InChI is InChI=1S/C21H20OS2/c1-3-15-21(20(23)24-16-4-2,18-13-9-6-10-14-18)19(22)17-11-7-5-8-12-17/h3-14H,1-2,15-16H2. The van der Waals surface area contributed by atoms with Crippen LogP contribution < -0.4 is 0 Å². The van der Waals surface area contributed by atoms with Crippen LogP contribution in [0.25, 0.3) is 0 Å². The molecule has 2 aromatic rings. The summed E-state index contributed by atoms with van der Waals surface area (Å²) >= 11 is 7.21. The molecule has 0 saturated carbocycles. The first-order chi connectivity index (χ1) is 11.7. The zero-order valence-electron chi connectivity index (χ0n) is 13.5. The van der Waals surface area contributed by atoms with Crippen molar-refractivity contribution in [2.45, 2.75) is 11.8 Å². The fraction of sp³-hybridized carbons (Fsp3) is 0.143. The number of hydrogen-bond donors (Lipinski definition) is 0. The highest BCUT2D eigenvalue weighted by molar-refractivity contribution is 8.23. The van der Waals surface area contributed by atoms with Crippen molar-refractivity contribution in [1.29, 1.82) is 0 Å². The van der Waals surface area contributed by atoms with E-state index in [1.54, 1.807) is 12.2 Å². The number of Topliss-reactive ketones (excluding diaryl/α,β-unsaturated/α-hetero) is 1. The number of ketones is 1. The molecule has 24 heavy (non-hydrogen) atoms. The van der Waals surface area contributed by atoms with E-state index in [-0.39, 0.29) is 5.78 Å². The Balaban J connectivity index is 2.61. The third-order valence-corrected chi connectivity index (χ3v) is 5.54. The van der Waals surface area contributed by atoms with Crippen molar-refractivity contribution < 1.29 is 4.79 Å². The van der Waals surface area contributed by atoms with Gasteiger partial charge in [-0.15, -0.1) is 24.9 Å². The summed E-state index contributed by atoms with van der Waals surface area (Å²) in [5.74, 6) is 0.683. The van der Waals surface area contributed by atoms with Crippen molar-refractivity contribution in [3.8, 4) is 0 Å². The monoisotopic (exact) mass is 352 g/mol. The largest absolute Gasteiger partial charge is 0.293 e. The van der Waals surface area contributed by atoms with E-state index in [0.717, 1.165) is 5.56 Å². The number of benzene rings is 2. The molecule has 0 aromatic heterocycles. The fourth-order valence-electron chi connectivity index (χ4n) is 2.67. The van der Waals surface area contributed by atoms with E-state index in [1.807, 2.05) is 60.7 Å². The minimum Gasteiger partial charge on any atom is -0.293 e. The van der Waals surface area contributed by atoms with Crippen molar-refractivity contribution in [3.63, 3.8) is 0 Å². The minimum absolute atomic E-state index is 0.00997. The lowest BCUT2D eigenvalue weighted by Crippen LogP contribution is -2.41. The van der Waals surface area contributed by atoms with Gasteiger partial charge in [0.25, 0.3) is 0 Å². The van der Waals surface area contributed by atoms with Gasteiger partial charge in [-0.25, -0.2) is 0 Å². The zero-order valence-corrected chi connectivity index (χ0v) is 15.1. The van der Waals surface area contributed by atoms with Crippen LogP contribution in [0, 0.1) is 0 Å². The van der Waals surface area contributed by atoms with Crippen molar-refractivity contribution in [3.05, 3.63) is 97.1 Å². The molecule has 0 N–H and O–H groups in total. The topological polar surface area (TPSA) is 17.1 Å². The molecule has 2 aromatic carbocycles. The third-order valence-electron chi connectivity index (χ3n) is 3.82. The molecule has 1 atom stereocenters. The molecule has 1 nitrogen and oxygen atoms in total. The second-order valence-corrected chi connectivity index (χ2v) is 7.04. The van der Waals surface area contributed by atoms with Gasteiger partial charge in [0.15, 0.2) is 5.78 Å². The SMILES string of the molecule is C=CCSC(=S)C(CC=C)(C(=O)c1ccccc1)c1ccccc1. The molecule has 0 aliphatic rings. The number of hydrogen-bond acceptors (Lipinski definition) is 3. The van der Waals surface area contributed by atoms with E-state index in [9.17, 15) is 4.79 Å². The summed E-state index contributed by atoms with van der Waals surface area (Å²) in [6, 6.07) is 19.1. The second-order valence-electron chi connectivity index (χ2n) is 5.35. The van der Waals surface area contributed by atoms with Crippen LogP contribution in [0.5, 0.6) is 0 Å². The Labute approximate surface area is 153 Å². The first-order valence-electron chi connectivity index (χ1n) is 7.71. The average molecular weight is 353 g/mol. The van der Waals surface area contributed by atoms with Crippen LogP contribution in [0.1, 0.15) is 22.3 Å². The van der Waals surface area contributed by atoms with E-state index < -0.39 is 5.41 Å².